The van der Waals surface area contributed by atoms with Gasteiger partial charge in [-0.2, -0.15) is 9.97 Å². The molecule has 0 aliphatic carbocycles. The fraction of sp³-hybridized carbons (Fsp3) is 0. The smallest absolute Gasteiger partial charge is 0.239 e. The number of hydrogen-bond acceptors (Lipinski definition) is 4. The van der Waals surface area contributed by atoms with Gasteiger partial charge in [-0.25, -0.2) is 4.98 Å². The van der Waals surface area contributed by atoms with Crippen LogP contribution in [0.5, 0.6) is 0 Å². The Kier molecular flexibility index (Phi) is 5.43. The molecule has 0 fully saturated rings. The van der Waals surface area contributed by atoms with Crippen LogP contribution in [0, 0.1) is 0 Å². The number of aromatic nitrogens is 4. The van der Waals surface area contributed by atoms with Crippen LogP contribution in [0.3, 0.4) is 0 Å². The monoisotopic (exact) mass is 563 g/mol. The fourth-order valence-electron chi connectivity index (χ4n) is 6.39. The van der Waals surface area contributed by atoms with E-state index in [-0.39, 0.29) is 0 Å². The lowest BCUT2D eigenvalue weighted by atomic mass is 10.0. The third kappa shape index (κ3) is 3.76. The van der Waals surface area contributed by atoms with Gasteiger partial charge in [0.25, 0.3) is 0 Å². The van der Waals surface area contributed by atoms with Gasteiger partial charge in [-0.15, -0.1) is 0 Å². The Morgan fingerprint density at radius 1 is 0.432 bits per heavy atom. The highest BCUT2D eigenvalue weighted by Crippen LogP contribution is 2.49. The predicted molar refractivity (Wildman–Crippen MR) is 179 cm³/mol. The van der Waals surface area contributed by atoms with Gasteiger partial charge in [-0.1, -0.05) is 133 Å². The molecule has 2 aromatic heterocycles. The molecule has 0 bridgehead atoms. The number of para-hydroxylation sites is 2. The number of anilines is 3. The van der Waals surface area contributed by atoms with E-state index in [1.54, 1.807) is 0 Å². The van der Waals surface area contributed by atoms with Gasteiger partial charge in [0, 0.05) is 33.0 Å². The van der Waals surface area contributed by atoms with E-state index in [1.807, 2.05) is 60.7 Å². The summed E-state index contributed by atoms with van der Waals surface area (Å²) in [5.41, 5.74) is 7.42. The quantitative estimate of drug-likeness (QED) is 0.215. The summed E-state index contributed by atoms with van der Waals surface area (Å²) in [6.07, 6.45) is 0. The molecule has 0 spiro atoms. The average molecular weight is 564 g/mol. The molecule has 1 aliphatic heterocycles. The van der Waals surface area contributed by atoms with Crippen molar-refractivity contribution in [1.29, 1.82) is 0 Å². The lowest BCUT2D eigenvalue weighted by Gasteiger charge is -2.24. The van der Waals surface area contributed by atoms with Crippen LogP contribution in [0.25, 0.3) is 61.3 Å². The highest BCUT2D eigenvalue weighted by molar-refractivity contribution is 6.10. The summed E-state index contributed by atoms with van der Waals surface area (Å²) in [6.45, 7) is 0. The van der Waals surface area contributed by atoms with E-state index in [0.29, 0.717) is 17.6 Å². The number of benzene rings is 6. The number of hydrogen-bond donors (Lipinski definition) is 0. The van der Waals surface area contributed by atoms with E-state index in [9.17, 15) is 0 Å². The maximum Gasteiger partial charge on any atom is 0.239 e. The van der Waals surface area contributed by atoms with Crippen molar-refractivity contribution in [3.63, 3.8) is 0 Å². The van der Waals surface area contributed by atoms with Gasteiger partial charge in [0.15, 0.2) is 11.6 Å². The van der Waals surface area contributed by atoms with Crippen LogP contribution in [0.4, 0.5) is 17.5 Å². The van der Waals surface area contributed by atoms with E-state index in [0.717, 1.165) is 50.3 Å². The van der Waals surface area contributed by atoms with Crippen molar-refractivity contribution < 1.29 is 0 Å². The standard InChI is InChI=1S/C39H25N5/c1-3-14-27(15-4-1)37-40-38(28-16-5-2-6-17-28)42-39(41-37)44-34-22-12-10-20-32(34)31-19-9-11-21-33(31)43-35(44)25-29-24-23-26-13-7-8-18-30(26)36(29)43/h1-25H. The van der Waals surface area contributed by atoms with Crippen LogP contribution in [0.2, 0.25) is 0 Å². The van der Waals surface area contributed by atoms with E-state index in [4.69, 9.17) is 15.0 Å². The highest BCUT2D eigenvalue weighted by atomic mass is 15.3. The molecule has 5 heteroatoms. The average Bonchev–Trinajstić information content (AvgIpc) is 3.43. The second-order valence-electron chi connectivity index (χ2n) is 10.9. The summed E-state index contributed by atoms with van der Waals surface area (Å²) in [7, 11) is 0. The van der Waals surface area contributed by atoms with Crippen LogP contribution in [-0.4, -0.2) is 19.5 Å². The van der Waals surface area contributed by atoms with Crippen LogP contribution in [0.15, 0.2) is 152 Å². The van der Waals surface area contributed by atoms with Crippen molar-refractivity contribution in [3.05, 3.63) is 152 Å². The summed E-state index contributed by atoms with van der Waals surface area (Å²) < 4.78 is 2.38. The molecule has 0 saturated heterocycles. The summed E-state index contributed by atoms with van der Waals surface area (Å²) in [5, 5.41) is 3.55. The Balaban J connectivity index is 1.42. The van der Waals surface area contributed by atoms with Gasteiger partial charge < -0.3 is 0 Å². The van der Waals surface area contributed by atoms with E-state index in [1.165, 1.54) is 10.8 Å². The molecule has 206 valence electrons. The second-order valence-corrected chi connectivity index (χ2v) is 10.9. The third-order valence-corrected chi connectivity index (χ3v) is 8.37. The van der Waals surface area contributed by atoms with Gasteiger partial charge in [0.1, 0.15) is 5.82 Å². The summed E-state index contributed by atoms with van der Waals surface area (Å²) in [5.74, 6) is 2.79. The SMILES string of the molecule is c1ccc(-c2nc(-c3ccccc3)nc(N3c4ccccc4-c4ccccc4-n4c3cc3ccc5ccccc5c34)n2)cc1. The van der Waals surface area contributed by atoms with E-state index < -0.39 is 0 Å². The maximum atomic E-state index is 5.18. The largest absolute Gasteiger partial charge is 0.294 e. The normalized spacial score (nSPS) is 12.0. The van der Waals surface area contributed by atoms with Gasteiger partial charge in [0.2, 0.25) is 5.95 Å². The van der Waals surface area contributed by atoms with Crippen LogP contribution < -0.4 is 4.90 Å². The molecule has 6 aromatic carbocycles. The molecular weight excluding hydrogens is 538 g/mol. The molecule has 1 aliphatic rings. The zero-order valence-electron chi connectivity index (χ0n) is 23.7. The Labute approximate surface area is 254 Å². The molecule has 0 N–H and O–H groups in total. The molecule has 3 heterocycles. The Morgan fingerprint density at radius 3 is 1.68 bits per heavy atom. The topological polar surface area (TPSA) is 46.8 Å². The molecule has 0 atom stereocenters. The Hall–Kier alpha value is -6.07. The molecular formula is C39H25N5. The second kappa shape index (κ2) is 9.75. The Bertz CT molecular complexity index is 2280. The number of rotatable bonds is 3. The van der Waals surface area contributed by atoms with Crippen molar-refractivity contribution in [2.75, 3.05) is 4.90 Å². The lowest BCUT2D eigenvalue weighted by Crippen LogP contribution is -2.17. The molecule has 0 radical (unpaired) electrons. The van der Waals surface area contributed by atoms with Crippen molar-refractivity contribution in [3.8, 4) is 39.6 Å². The van der Waals surface area contributed by atoms with Gasteiger partial charge in [-0.05, 0) is 23.6 Å². The summed E-state index contributed by atoms with van der Waals surface area (Å²) in [6, 6.07) is 52.7. The first-order valence-electron chi connectivity index (χ1n) is 14.7. The molecule has 0 amide bonds. The highest BCUT2D eigenvalue weighted by Gasteiger charge is 2.30. The summed E-state index contributed by atoms with van der Waals surface area (Å²) >= 11 is 0. The fourth-order valence-corrected chi connectivity index (χ4v) is 6.39. The van der Waals surface area contributed by atoms with Crippen LogP contribution >= 0.6 is 0 Å². The molecule has 9 rings (SSSR count). The molecule has 44 heavy (non-hydrogen) atoms. The first kappa shape index (κ1) is 24.5. The van der Waals surface area contributed by atoms with Gasteiger partial charge in [0.05, 0.1) is 16.9 Å². The minimum Gasteiger partial charge on any atom is -0.294 e. The molecule has 5 nitrogen and oxygen atoms in total. The van der Waals surface area contributed by atoms with Crippen molar-refractivity contribution in [2.45, 2.75) is 0 Å². The molecule has 8 aromatic rings. The lowest BCUT2D eigenvalue weighted by molar-refractivity contribution is 0.995. The van der Waals surface area contributed by atoms with Gasteiger partial charge >= 0.3 is 0 Å². The zero-order valence-corrected chi connectivity index (χ0v) is 23.7. The van der Waals surface area contributed by atoms with Crippen molar-refractivity contribution >= 4 is 39.1 Å². The van der Waals surface area contributed by atoms with Crippen LogP contribution in [-0.2, 0) is 0 Å². The number of fused-ring (bicyclic) bond motifs is 9. The van der Waals surface area contributed by atoms with Gasteiger partial charge in [-0.3, -0.25) is 9.47 Å². The minimum atomic E-state index is 0.561. The van der Waals surface area contributed by atoms with E-state index >= 15 is 0 Å². The predicted octanol–water partition coefficient (Wildman–Crippen LogP) is 9.75. The van der Waals surface area contributed by atoms with E-state index in [2.05, 4.69) is 100 Å². The Morgan fingerprint density at radius 2 is 0.977 bits per heavy atom. The molecule has 0 saturated carbocycles. The third-order valence-electron chi connectivity index (χ3n) is 8.37. The summed E-state index contributed by atoms with van der Waals surface area (Å²) in [4.78, 5) is 17.5. The first-order chi connectivity index (χ1) is 21.8. The maximum absolute atomic E-state index is 5.18. The van der Waals surface area contributed by atoms with Crippen LogP contribution in [0.1, 0.15) is 0 Å². The minimum absolute atomic E-state index is 0.561. The van der Waals surface area contributed by atoms with Crippen molar-refractivity contribution in [1.82, 2.24) is 19.5 Å². The number of nitrogens with zero attached hydrogens (tertiary/aromatic N) is 5. The first-order valence-corrected chi connectivity index (χ1v) is 14.7. The zero-order chi connectivity index (χ0) is 29.0. The van der Waals surface area contributed by atoms with Crippen molar-refractivity contribution in [2.24, 2.45) is 0 Å². The molecule has 0 unspecified atom stereocenters.